The Balaban J connectivity index is 1.82. The first-order chi connectivity index (χ1) is 9.74. The Bertz CT molecular complexity index is 407. The monoisotopic (exact) mass is 280 g/mol. The summed E-state index contributed by atoms with van der Waals surface area (Å²) in [5.41, 5.74) is 2.23. The van der Waals surface area contributed by atoms with Gasteiger partial charge < -0.3 is 19.3 Å². The number of rotatable bonds is 7. The number of hydrogen-bond donors (Lipinski definition) is 1. The number of aliphatic hydroxyl groups is 1. The van der Waals surface area contributed by atoms with Crippen LogP contribution < -0.4 is 0 Å². The standard InChI is InChI=1S/C16H24O4/c1-12-11-15(20-10-9-19-8-7-18-2)16(17)14-6-4-3-5-13(12)14/h3-6,12,15-17H,7-11H2,1-2H3. The topological polar surface area (TPSA) is 47.9 Å². The van der Waals surface area contributed by atoms with Crippen molar-refractivity contribution in [2.45, 2.75) is 31.5 Å². The third-order valence-electron chi connectivity index (χ3n) is 3.77. The van der Waals surface area contributed by atoms with Crippen LogP contribution in [0.1, 0.15) is 36.5 Å². The molecule has 0 aliphatic heterocycles. The van der Waals surface area contributed by atoms with Crippen molar-refractivity contribution >= 4 is 0 Å². The van der Waals surface area contributed by atoms with Gasteiger partial charge in [-0.2, -0.15) is 0 Å². The van der Waals surface area contributed by atoms with Gasteiger partial charge in [0.25, 0.3) is 0 Å². The normalized spacial score (nSPS) is 25.4. The SMILES string of the molecule is COCCOCCOC1CC(C)c2ccccc2C1O. The highest BCUT2D eigenvalue weighted by molar-refractivity contribution is 5.35. The van der Waals surface area contributed by atoms with Crippen molar-refractivity contribution in [3.63, 3.8) is 0 Å². The van der Waals surface area contributed by atoms with E-state index in [9.17, 15) is 5.11 Å². The van der Waals surface area contributed by atoms with Gasteiger partial charge >= 0.3 is 0 Å². The Morgan fingerprint density at radius 2 is 1.80 bits per heavy atom. The van der Waals surface area contributed by atoms with Gasteiger partial charge in [-0.25, -0.2) is 0 Å². The Morgan fingerprint density at radius 3 is 2.55 bits per heavy atom. The predicted octanol–water partition coefficient (Wildman–Crippen LogP) is 2.28. The lowest BCUT2D eigenvalue weighted by molar-refractivity contribution is -0.0708. The van der Waals surface area contributed by atoms with Crippen molar-refractivity contribution in [1.82, 2.24) is 0 Å². The molecule has 3 unspecified atom stereocenters. The second-order valence-electron chi connectivity index (χ2n) is 5.22. The number of ether oxygens (including phenoxy) is 3. The van der Waals surface area contributed by atoms with E-state index in [-0.39, 0.29) is 6.10 Å². The Hall–Kier alpha value is -0.940. The zero-order valence-electron chi connectivity index (χ0n) is 12.2. The molecule has 0 amide bonds. The zero-order valence-corrected chi connectivity index (χ0v) is 12.2. The van der Waals surface area contributed by atoms with E-state index >= 15 is 0 Å². The van der Waals surface area contributed by atoms with E-state index in [1.54, 1.807) is 7.11 Å². The second kappa shape index (κ2) is 7.74. The highest BCUT2D eigenvalue weighted by atomic mass is 16.5. The van der Waals surface area contributed by atoms with Crippen LogP contribution in [0.25, 0.3) is 0 Å². The van der Waals surface area contributed by atoms with E-state index in [0.717, 1.165) is 12.0 Å². The third-order valence-corrected chi connectivity index (χ3v) is 3.77. The molecule has 3 atom stereocenters. The summed E-state index contributed by atoms with van der Waals surface area (Å²) >= 11 is 0. The summed E-state index contributed by atoms with van der Waals surface area (Å²) in [4.78, 5) is 0. The maximum Gasteiger partial charge on any atom is 0.105 e. The summed E-state index contributed by atoms with van der Waals surface area (Å²) in [7, 11) is 1.65. The molecular weight excluding hydrogens is 256 g/mol. The molecule has 0 radical (unpaired) electrons. The third kappa shape index (κ3) is 3.79. The minimum absolute atomic E-state index is 0.147. The summed E-state index contributed by atoms with van der Waals surface area (Å²) in [6, 6.07) is 8.06. The van der Waals surface area contributed by atoms with Gasteiger partial charge in [0.1, 0.15) is 6.10 Å². The van der Waals surface area contributed by atoms with Crippen LogP contribution in [0, 0.1) is 0 Å². The minimum Gasteiger partial charge on any atom is -0.386 e. The van der Waals surface area contributed by atoms with Crippen LogP contribution in [0.2, 0.25) is 0 Å². The Kier molecular flexibility index (Phi) is 5.98. The predicted molar refractivity (Wildman–Crippen MR) is 76.9 cm³/mol. The lowest BCUT2D eigenvalue weighted by atomic mass is 9.80. The van der Waals surface area contributed by atoms with Crippen molar-refractivity contribution in [1.29, 1.82) is 0 Å². The highest BCUT2D eigenvalue weighted by Crippen LogP contribution is 2.38. The molecule has 4 nitrogen and oxygen atoms in total. The Labute approximate surface area is 120 Å². The van der Waals surface area contributed by atoms with Crippen molar-refractivity contribution in [2.75, 3.05) is 33.5 Å². The molecule has 0 fully saturated rings. The maximum absolute atomic E-state index is 10.4. The maximum atomic E-state index is 10.4. The average Bonchev–Trinajstić information content (AvgIpc) is 2.47. The van der Waals surface area contributed by atoms with Gasteiger partial charge in [0.2, 0.25) is 0 Å². The van der Waals surface area contributed by atoms with Gasteiger partial charge in [-0.3, -0.25) is 0 Å². The van der Waals surface area contributed by atoms with Gasteiger partial charge in [-0.05, 0) is 23.5 Å². The summed E-state index contributed by atoms with van der Waals surface area (Å²) in [6.45, 7) is 4.38. The molecule has 20 heavy (non-hydrogen) atoms. The zero-order chi connectivity index (χ0) is 14.4. The summed E-state index contributed by atoms with van der Waals surface area (Å²) in [5.74, 6) is 0.411. The van der Waals surface area contributed by atoms with E-state index < -0.39 is 6.10 Å². The fourth-order valence-corrected chi connectivity index (χ4v) is 2.70. The first-order valence-electron chi connectivity index (χ1n) is 7.19. The molecule has 1 aromatic rings. The molecule has 112 valence electrons. The van der Waals surface area contributed by atoms with Crippen molar-refractivity contribution in [3.05, 3.63) is 35.4 Å². The number of methoxy groups -OCH3 is 1. The van der Waals surface area contributed by atoms with Crippen molar-refractivity contribution < 1.29 is 19.3 Å². The van der Waals surface area contributed by atoms with E-state index in [0.29, 0.717) is 32.3 Å². The van der Waals surface area contributed by atoms with Crippen LogP contribution in [-0.2, 0) is 14.2 Å². The lowest BCUT2D eigenvalue weighted by Gasteiger charge is -2.33. The van der Waals surface area contributed by atoms with E-state index in [1.807, 2.05) is 18.2 Å². The van der Waals surface area contributed by atoms with E-state index in [4.69, 9.17) is 14.2 Å². The van der Waals surface area contributed by atoms with Crippen LogP contribution in [0.4, 0.5) is 0 Å². The van der Waals surface area contributed by atoms with Gasteiger partial charge in [0.05, 0.1) is 32.5 Å². The van der Waals surface area contributed by atoms with Crippen LogP contribution in [0.15, 0.2) is 24.3 Å². The largest absolute Gasteiger partial charge is 0.386 e. The summed E-state index contributed by atoms with van der Waals surface area (Å²) in [6.07, 6.45) is 0.156. The van der Waals surface area contributed by atoms with Crippen molar-refractivity contribution in [3.8, 4) is 0 Å². The molecule has 1 aliphatic rings. The number of benzene rings is 1. The van der Waals surface area contributed by atoms with Gasteiger partial charge in [0, 0.05) is 7.11 Å². The second-order valence-corrected chi connectivity index (χ2v) is 5.22. The minimum atomic E-state index is -0.540. The van der Waals surface area contributed by atoms with Crippen LogP contribution >= 0.6 is 0 Å². The molecule has 0 bridgehead atoms. The highest BCUT2D eigenvalue weighted by Gasteiger charge is 2.32. The van der Waals surface area contributed by atoms with Crippen molar-refractivity contribution in [2.24, 2.45) is 0 Å². The summed E-state index contributed by atoms with van der Waals surface area (Å²) in [5, 5.41) is 10.4. The smallest absolute Gasteiger partial charge is 0.105 e. The number of fused-ring (bicyclic) bond motifs is 1. The molecule has 1 aliphatic carbocycles. The first kappa shape index (κ1) is 15.4. The molecule has 1 aromatic carbocycles. The molecule has 0 heterocycles. The van der Waals surface area contributed by atoms with Gasteiger partial charge in [0.15, 0.2) is 0 Å². The molecule has 4 heteroatoms. The molecule has 0 aromatic heterocycles. The Morgan fingerprint density at radius 1 is 1.10 bits per heavy atom. The molecular formula is C16H24O4. The molecule has 0 saturated heterocycles. The number of aliphatic hydroxyl groups excluding tert-OH is 1. The molecule has 0 spiro atoms. The van der Waals surface area contributed by atoms with Gasteiger partial charge in [-0.1, -0.05) is 31.2 Å². The first-order valence-corrected chi connectivity index (χ1v) is 7.19. The van der Waals surface area contributed by atoms with E-state index in [2.05, 4.69) is 13.0 Å². The van der Waals surface area contributed by atoms with Gasteiger partial charge in [-0.15, -0.1) is 0 Å². The van der Waals surface area contributed by atoms with E-state index in [1.165, 1.54) is 5.56 Å². The fourth-order valence-electron chi connectivity index (χ4n) is 2.70. The van der Waals surface area contributed by atoms with Crippen LogP contribution in [-0.4, -0.2) is 44.7 Å². The molecule has 2 rings (SSSR count). The fraction of sp³-hybridized carbons (Fsp3) is 0.625. The van der Waals surface area contributed by atoms with Crippen LogP contribution in [0.3, 0.4) is 0 Å². The quantitative estimate of drug-likeness (QED) is 0.778. The average molecular weight is 280 g/mol. The molecule has 1 N–H and O–H groups in total. The number of hydrogen-bond acceptors (Lipinski definition) is 4. The molecule has 0 saturated carbocycles. The summed E-state index contributed by atoms with van der Waals surface area (Å²) < 4.78 is 16.1. The van der Waals surface area contributed by atoms with Crippen LogP contribution in [0.5, 0.6) is 0 Å². The lowest BCUT2D eigenvalue weighted by Crippen LogP contribution is -2.30.